The number of aliphatic carboxylic acids is 1. The standard InChI is InChI=1S/C14H19NO6S3/c1-5-22-12-9(6(2)16)11(19)15(12)10(13(20)21)14(23-7(3)17)24-8(4)18/h6,9,12,16H,5H2,1-4H3,(H,20,21)/t6-,9+,12-/m1/s1. The SMILES string of the molecule is CCS[C@@H]1[C@@H]([C@@H](C)O)C(=O)N1C(C(=O)O)=C(SC(C)=O)SC(C)=O. The molecule has 0 unspecified atom stereocenters. The zero-order valence-corrected chi connectivity index (χ0v) is 16.1. The molecule has 24 heavy (non-hydrogen) atoms. The van der Waals surface area contributed by atoms with Gasteiger partial charge in [-0.05, 0) is 36.2 Å². The van der Waals surface area contributed by atoms with Crippen molar-refractivity contribution in [1.82, 2.24) is 4.90 Å². The fourth-order valence-electron chi connectivity index (χ4n) is 2.18. The van der Waals surface area contributed by atoms with Crippen molar-refractivity contribution >= 4 is 57.4 Å². The van der Waals surface area contributed by atoms with Crippen LogP contribution < -0.4 is 0 Å². The van der Waals surface area contributed by atoms with Gasteiger partial charge in [0.25, 0.3) is 0 Å². The van der Waals surface area contributed by atoms with Gasteiger partial charge in [0.05, 0.1) is 21.6 Å². The first-order valence-electron chi connectivity index (χ1n) is 7.08. The zero-order chi connectivity index (χ0) is 18.6. The number of nitrogens with zero attached hydrogens (tertiary/aromatic N) is 1. The third-order valence-electron chi connectivity index (χ3n) is 3.05. The molecule has 1 aliphatic rings. The first kappa shape index (κ1) is 21.1. The second-order valence-electron chi connectivity index (χ2n) is 4.95. The van der Waals surface area contributed by atoms with Crippen molar-refractivity contribution in [2.24, 2.45) is 5.92 Å². The van der Waals surface area contributed by atoms with Crippen LogP contribution in [0.4, 0.5) is 0 Å². The van der Waals surface area contributed by atoms with Gasteiger partial charge in [-0.3, -0.25) is 19.3 Å². The van der Waals surface area contributed by atoms with Gasteiger partial charge in [0.15, 0.2) is 15.9 Å². The van der Waals surface area contributed by atoms with E-state index in [1.54, 1.807) is 0 Å². The molecule has 0 saturated carbocycles. The van der Waals surface area contributed by atoms with E-state index in [4.69, 9.17) is 0 Å². The maximum absolute atomic E-state index is 12.4. The van der Waals surface area contributed by atoms with Gasteiger partial charge in [0, 0.05) is 13.8 Å². The lowest BCUT2D eigenvalue weighted by molar-refractivity contribution is -0.157. The van der Waals surface area contributed by atoms with E-state index in [0.717, 1.165) is 4.90 Å². The summed E-state index contributed by atoms with van der Waals surface area (Å²) in [6.45, 7) is 5.83. The van der Waals surface area contributed by atoms with Gasteiger partial charge < -0.3 is 10.2 Å². The van der Waals surface area contributed by atoms with Crippen LogP contribution in [0.5, 0.6) is 0 Å². The van der Waals surface area contributed by atoms with E-state index in [1.165, 1.54) is 32.5 Å². The fourth-order valence-corrected chi connectivity index (χ4v) is 5.39. The van der Waals surface area contributed by atoms with E-state index in [2.05, 4.69) is 0 Å². The third kappa shape index (κ3) is 4.78. The van der Waals surface area contributed by atoms with Gasteiger partial charge >= 0.3 is 5.97 Å². The molecule has 1 rings (SSSR count). The largest absolute Gasteiger partial charge is 0.477 e. The molecule has 0 radical (unpaired) electrons. The number of aliphatic hydroxyl groups excluding tert-OH is 1. The first-order valence-corrected chi connectivity index (χ1v) is 9.77. The van der Waals surface area contributed by atoms with Crippen LogP contribution >= 0.6 is 35.3 Å². The van der Waals surface area contributed by atoms with E-state index in [0.29, 0.717) is 29.3 Å². The van der Waals surface area contributed by atoms with Crippen LogP contribution in [0.15, 0.2) is 9.93 Å². The predicted molar refractivity (Wildman–Crippen MR) is 95.1 cm³/mol. The molecule has 1 amide bonds. The van der Waals surface area contributed by atoms with Crippen molar-refractivity contribution in [3.63, 3.8) is 0 Å². The summed E-state index contributed by atoms with van der Waals surface area (Å²) in [6, 6.07) is 0. The molecule has 134 valence electrons. The van der Waals surface area contributed by atoms with Gasteiger partial charge in [-0.25, -0.2) is 4.79 Å². The number of carboxylic acid groups (broad SMARTS) is 1. The molecule has 1 aliphatic heterocycles. The summed E-state index contributed by atoms with van der Waals surface area (Å²) in [5, 5.41) is 18.0. The molecule has 1 fully saturated rings. The van der Waals surface area contributed by atoms with E-state index in [9.17, 15) is 29.4 Å². The van der Waals surface area contributed by atoms with Crippen LogP contribution in [0.1, 0.15) is 27.7 Å². The van der Waals surface area contributed by atoms with E-state index < -0.39 is 39.5 Å². The average Bonchev–Trinajstić information content (AvgIpc) is 2.41. The third-order valence-corrected chi connectivity index (χ3v) is 6.06. The van der Waals surface area contributed by atoms with Crippen LogP contribution in [0.3, 0.4) is 0 Å². The Labute approximate surface area is 152 Å². The molecule has 0 bridgehead atoms. The highest BCUT2D eigenvalue weighted by atomic mass is 32.2. The molecule has 2 N–H and O–H groups in total. The topological polar surface area (TPSA) is 112 Å². The van der Waals surface area contributed by atoms with Gasteiger partial charge in [0.2, 0.25) is 5.91 Å². The number of rotatable bonds is 7. The average molecular weight is 394 g/mol. The summed E-state index contributed by atoms with van der Waals surface area (Å²) >= 11 is 2.55. The summed E-state index contributed by atoms with van der Waals surface area (Å²) in [5.41, 5.74) is -0.386. The van der Waals surface area contributed by atoms with Crippen LogP contribution in [0.25, 0.3) is 0 Å². The van der Waals surface area contributed by atoms with E-state index in [1.807, 2.05) is 6.92 Å². The summed E-state index contributed by atoms with van der Waals surface area (Å²) in [5.74, 6) is -2.03. The Hall–Kier alpha value is -0.970. The molecule has 1 saturated heterocycles. The number of carbonyl (C=O) groups is 4. The van der Waals surface area contributed by atoms with Crippen molar-refractivity contribution in [3.8, 4) is 0 Å². The second kappa shape index (κ2) is 8.93. The van der Waals surface area contributed by atoms with Crippen LogP contribution in [-0.4, -0.2) is 54.5 Å². The Kier molecular flexibility index (Phi) is 7.84. The van der Waals surface area contributed by atoms with Crippen LogP contribution in [0.2, 0.25) is 0 Å². The Morgan fingerprint density at radius 2 is 1.71 bits per heavy atom. The summed E-state index contributed by atoms with van der Waals surface area (Å²) < 4.78 is -0.0402. The summed E-state index contributed by atoms with van der Waals surface area (Å²) in [6.07, 6.45) is -0.919. The van der Waals surface area contributed by atoms with Gasteiger partial charge in [-0.15, -0.1) is 11.8 Å². The Bertz CT molecular complexity index is 571. The first-order chi connectivity index (χ1) is 11.1. The smallest absolute Gasteiger partial charge is 0.354 e. The highest BCUT2D eigenvalue weighted by Crippen LogP contribution is 2.44. The normalized spacial score (nSPS) is 21.0. The monoisotopic (exact) mass is 393 g/mol. The summed E-state index contributed by atoms with van der Waals surface area (Å²) in [4.78, 5) is 48.0. The lowest BCUT2D eigenvalue weighted by Crippen LogP contribution is -2.63. The van der Waals surface area contributed by atoms with Gasteiger partial charge in [-0.2, -0.15) is 0 Å². The molecular formula is C14H19NO6S3. The number of aliphatic hydroxyl groups is 1. The molecule has 0 aromatic carbocycles. The number of amides is 1. The lowest BCUT2D eigenvalue weighted by atomic mass is 9.92. The van der Waals surface area contributed by atoms with Crippen molar-refractivity contribution in [2.45, 2.75) is 39.2 Å². The quantitative estimate of drug-likeness (QED) is 0.493. The van der Waals surface area contributed by atoms with Crippen molar-refractivity contribution in [1.29, 1.82) is 0 Å². The number of carbonyl (C=O) groups excluding carboxylic acids is 3. The summed E-state index contributed by atoms with van der Waals surface area (Å²) in [7, 11) is 0. The van der Waals surface area contributed by atoms with E-state index >= 15 is 0 Å². The number of hydrogen-bond donors (Lipinski definition) is 2. The van der Waals surface area contributed by atoms with Crippen LogP contribution in [0, 0.1) is 5.92 Å². The number of likely N-dealkylation sites (tertiary alicyclic amines) is 1. The number of hydrogen-bond acceptors (Lipinski definition) is 8. The minimum absolute atomic E-state index is 0.0402. The molecule has 0 aromatic rings. The number of β-lactam (4-membered cyclic amide) rings is 1. The minimum atomic E-state index is -1.40. The predicted octanol–water partition coefficient (Wildman–Crippen LogP) is 1.72. The van der Waals surface area contributed by atoms with Gasteiger partial charge in [0.1, 0.15) is 0 Å². The molecule has 0 spiro atoms. The fraction of sp³-hybridized carbons (Fsp3) is 0.571. The molecule has 0 aliphatic carbocycles. The highest BCUT2D eigenvalue weighted by molar-refractivity contribution is 8.34. The molecule has 10 heteroatoms. The lowest BCUT2D eigenvalue weighted by Gasteiger charge is -2.48. The zero-order valence-electron chi connectivity index (χ0n) is 13.6. The number of thioether (sulfide) groups is 3. The van der Waals surface area contributed by atoms with Crippen LogP contribution in [-0.2, 0) is 19.2 Å². The Morgan fingerprint density at radius 1 is 1.21 bits per heavy atom. The van der Waals surface area contributed by atoms with Crippen molar-refractivity contribution < 1.29 is 29.4 Å². The van der Waals surface area contributed by atoms with Crippen molar-refractivity contribution in [2.75, 3.05) is 5.75 Å². The Balaban J connectivity index is 3.36. The van der Waals surface area contributed by atoms with Crippen molar-refractivity contribution in [3.05, 3.63) is 9.93 Å². The molecule has 0 aromatic heterocycles. The molecular weight excluding hydrogens is 374 g/mol. The van der Waals surface area contributed by atoms with Gasteiger partial charge in [-0.1, -0.05) is 6.92 Å². The maximum Gasteiger partial charge on any atom is 0.354 e. The molecule has 7 nitrogen and oxygen atoms in total. The molecule has 3 atom stereocenters. The highest BCUT2D eigenvalue weighted by Gasteiger charge is 2.53. The maximum atomic E-state index is 12.4. The van der Waals surface area contributed by atoms with E-state index in [-0.39, 0.29) is 9.93 Å². The minimum Gasteiger partial charge on any atom is -0.477 e. The molecule has 1 heterocycles. The number of carboxylic acids is 1. The Morgan fingerprint density at radius 3 is 2.04 bits per heavy atom. The second-order valence-corrected chi connectivity index (χ2v) is 8.98.